The van der Waals surface area contributed by atoms with Crippen LogP contribution in [0.1, 0.15) is 38.7 Å². The van der Waals surface area contributed by atoms with Crippen LogP contribution in [0.3, 0.4) is 0 Å². The number of methoxy groups -OCH3 is 1. The van der Waals surface area contributed by atoms with Crippen LogP contribution in [0.25, 0.3) is 21.3 Å². The molecule has 4 atom stereocenters. The zero-order valence-electron chi connectivity index (χ0n) is 21.6. The van der Waals surface area contributed by atoms with Gasteiger partial charge in [0.05, 0.1) is 12.6 Å². The van der Waals surface area contributed by atoms with Crippen molar-refractivity contribution >= 4 is 10.9 Å². The number of fused-ring (bicyclic) bond motifs is 2. The Balaban J connectivity index is 1.44. The lowest BCUT2D eigenvalue weighted by atomic mass is 9.93. The van der Waals surface area contributed by atoms with E-state index in [4.69, 9.17) is 29.2 Å². The SMILES string of the molecule is COCO[C@H]1[C@@H]2OC(C)(C)O[C@@H]2CN(CCc2c[nH]c3ccccc23)[C@@H]1COCCCCCN=[N+]=[N-]. The molecule has 2 saturated heterocycles. The summed E-state index contributed by atoms with van der Waals surface area (Å²) in [6.07, 6.45) is 5.27. The molecule has 0 spiro atoms. The second-order valence-electron chi connectivity index (χ2n) is 9.94. The minimum atomic E-state index is -0.659. The van der Waals surface area contributed by atoms with Gasteiger partial charge in [-0.1, -0.05) is 29.7 Å². The summed E-state index contributed by atoms with van der Waals surface area (Å²) in [5, 5.41) is 4.85. The summed E-state index contributed by atoms with van der Waals surface area (Å²) in [5.41, 5.74) is 10.9. The minimum absolute atomic E-state index is 0.00675. The summed E-state index contributed by atoms with van der Waals surface area (Å²) in [7, 11) is 1.63. The number of piperidine rings is 1. The highest BCUT2D eigenvalue weighted by Gasteiger charge is 2.53. The molecular formula is C26H39N5O5. The summed E-state index contributed by atoms with van der Waals surface area (Å²) in [6, 6.07) is 8.40. The van der Waals surface area contributed by atoms with Crippen LogP contribution < -0.4 is 0 Å². The molecule has 2 aliphatic rings. The van der Waals surface area contributed by atoms with E-state index in [0.717, 1.165) is 44.3 Å². The Hall–Kier alpha value is -2.17. The number of hydrogen-bond acceptors (Lipinski definition) is 7. The van der Waals surface area contributed by atoms with Crippen molar-refractivity contribution in [3.63, 3.8) is 0 Å². The van der Waals surface area contributed by atoms with Gasteiger partial charge in [0.1, 0.15) is 25.1 Å². The highest BCUT2D eigenvalue weighted by molar-refractivity contribution is 5.83. The maximum atomic E-state index is 8.40. The van der Waals surface area contributed by atoms with Gasteiger partial charge in [-0.25, -0.2) is 0 Å². The first-order chi connectivity index (χ1) is 17.5. The number of hydrogen-bond donors (Lipinski definition) is 1. The van der Waals surface area contributed by atoms with Crippen molar-refractivity contribution in [3.8, 4) is 0 Å². The van der Waals surface area contributed by atoms with Gasteiger partial charge in [0, 0.05) is 55.4 Å². The van der Waals surface area contributed by atoms with Gasteiger partial charge in [-0.15, -0.1) is 0 Å². The molecule has 1 aromatic heterocycles. The summed E-state index contributed by atoms with van der Waals surface area (Å²) in [6.45, 7) is 7.41. The first-order valence-corrected chi connectivity index (χ1v) is 12.9. The zero-order valence-corrected chi connectivity index (χ0v) is 21.6. The first kappa shape index (κ1) is 26.9. The molecule has 198 valence electrons. The Morgan fingerprint density at radius 2 is 2.08 bits per heavy atom. The smallest absolute Gasteiger partial charge is 0.163 e. The van der Waals surface area contributed by atoms with Crippen LogP contribution in [0, 0.1) is 0 Å². The largest absolute Gasteiger partial charge is 0.380 e. The molecule has 2 aliphatic heterocycles. The number of nitrogens with zero attached hydrogens (tertiary/aromatic N) is 4. The number of unbranched alkanes of at least 4 members (excludes halogenated alkanes) is 2. The molecule has 2 fully saturated rings. The minimum Gasteiger partial charge on any atom is -0.380 e. The van der Waals surface area contributed by atoms with Crippen LogP contribution in [-0.2, 0) is 30.1 Å². The molecule has 36 heavy (non-hydrogen) atoms. The summed E-state index contributed by atoms with van der Waals surface area (Å²) >= 11 is 0. The fraction of sp³-hybridized carbons (Fsp3) is 0.692. The predicted molar refractivity (Wildman–Crippen MR) is 137 cm³/mol. The van der Waals surface area contributed by atoms with E-state index >= 15 is 0 Å². The molecule has 3 heterocycles. The van der Waals surface area contributed by atoms with Crippen molar-refractivity contribution in [2.75, 3.05) is 46.8 Å². The number of likely N-dealkylation sites (tertiary alicyclic amines) is 1. The van der Waals surface area contributed by atoms with Crippen LogP contribution in [0.4, 0.5) is 0 Å². The molecule has 0 radical (unpaired) electrons. The third-order valence-electron chi connectivity index (χ3n) is 6.93. The zero-order chi connectivity index (χ0) is 25.4. The summed E-state index contributed by atoms with van der Waals surface area (Å²) in [4.78, 5) is 8.61. The normalized spacial score (nSPS) is 25.6. The van der Waals surface area contributed by atoms with Gasteiger partial charge in [0.15, 0.2) is 5.79 Å². The number of H-pyrrole nitrogens is 1. The van der Waals surface area contributed by atoms with E-state index in [9.17, 15) is 0 Å². The number of azide groups is 1. The first-order valence-electron chi connectivity index (χ1n) is 12.9. The topological polar surface area (TPSA) is 114 Å². The molecule has 10 heteroatoms. The van der Waals surface area contributed by atoms with Crippen LogP contribution in [0.15, 0.2) is 35.6 Å². The Morgan fingerprint density at radius 3 is 2.92 bits per heavy atom. The third kappa shape index (κ3) is 6.77. The standard InChI is InChI=1S/C26H39N5O5/c1-26(2)35-23-16-31(13-11-19-15-28-21-10-6-5-9-20(19)21)22(24(25(23)36-26)34-18-32-3)17-33-14-8-4-7-12-29-30-27/h5-6,9-10,15,22-25,28H,4,7-8,11-14,16-18H2,1-3H3/t22-,23-,24-,25-/m1/s1. The van der Waals surface area contributed by atoms with Crippen molar-refractivity contribution in [3.05, 3.63) is 46.5 Å². The molecule has 0 bridgehead atoms. The van der Waals surface area contributed by atoms with Crippen molar-refractivity contribution in [1.82, 2.24) is 9.88 Å². The number of nitrogens with one attached hydrogen (secondary N) is 1. The van der Waals surface area contributed by atoms with Gasteiger partial charge in [-0.3, -0.25) is 4.90 Å². The van der Waals surface area contributed by atoms with Crippen LogP contribution >= 0.6 is 0 Å². The molecule has 2 aromatic rings. The number of rotatable bonds is 14. The second-order valence-corrected chi connectivity index (χ2v) is 9.94. The number of aromatic nitrogens is 1. The third-order valence-corrected chi connectivity index (χ3v) is 6.93. The molecule has 0 aliphatic carbocycles. The van der Waals surface area contributed by atoms with Gasteiger partial charge >= 0.3 is 0 Å². The monoisotopic (exact) mass is 501 g/mol. The number of ether oxygens (including phenoxy) is 5. The maximum absolute atomic E-state index is 8.40. The Kier molecular flexibility index (Phi) is 9.61. The van der Waals surface area contributed by atoms with E-state index in [1.54, 1.807) is 7.11 Å². The van der Waals surface area contributed by atoms with E-state index < -0.39 is 5.79 Å². The van der Waals surface area contributed by atoms with Crippen molar-refractivity contribution in [1.29, 1.82) is 0 Å². The second kappa shape index (κ2) is 12.9. The van der Waals surface area contributed by atoms with E-state index in [-0.39, 0.29) is 31.1 Å². The fourth-order valence-electron chi connectivity index (χ4n) is 5.30. The maximum Gasteiger partial charge on any atom is 0.163 e. The predicted octanol–water partition coefficient (Wildman–Crippen LogP) is 4.40. The Bertz CT molecular complexity index is 1010. The Labute approximate surface area is 212 Å². The number of para-hydroxylation sites is 1. The van der Waals surface area contributed by atoms with E-state index in [1.165, 1.54) is 10.9 Å². The average Bonchev–Trinajstić information content (AvgIpc) is 3.42. The quantitative estimate of drug-likeness (QED) is 0.135. The van der Waals surface area contributed by atoms with E-state index in [0.29, 0.717) is 19.8 Å². The highest BCUT2D eigenvalue weighted by Crippen LogP contribution is 2.37. The Morgan fingerprint density at radius 1 is 1.22 bits per heavy atom. The highest BCUT2D eigenvalue weighted by atomic mass is 16.8. The molecule has 0 amide bonds. The number of aromatic amines is 1. The van der Waals surface area contributed by atoms with Crippen LogP contribution in [0.2, 0.25) is 0 Å². The van der Waals surface area contributed by atoms with Gasteiger partial charge in [-0.05, 0) is 50.3 Å². The fourth-order valence-corrected chi connectivity index (χ4v) is 5.30. The molecule has 4 rings (SSSR count). The van der Waals surface area contributed by atoms with Gasteiger partial charge < -0.3 is 28.7 Å². The lowest BCUT2D eigenvalue weighted by Crippen LogP contribution is -2.63. The summed E-state index contributed by atoms with van der Waals surface area (Å²) < 4.78 is 30.2. The molecule has 0 saturated carbocycles. The molecule has 10 nitrogen and oxygen atoms in total. The van der Waals surface area contributed by atoms with Gasteiger partial charge in [0.2, 0.25) is 0 Å². The average molecular weight is 502 g/mol. The van der Waals surface area contributed by atoms with Crippen molar-refractivity contribution < 1.29 is 23.7 Å². The van der Waals surface area contributed by atoms with E-state index in [1.807, 2.05) is 13.8 Å². The molecule has 1 N–H and O–H groups in total. The van der Waals surface area contributed by atoms with E-state index in [2.05, 4.69) is 50.4 Å². The molecular weight excluding hydrogens is 462 g/mol. The summed E-state index contributed by atoms with van der Waals surface area (Å²) in [5.74, 6) is -0.659. The molecule has 0 unspecified atom stereocenters. The van der Waals surface area contributed by atoms with Gasteiger partial charge in [0.25, 0.3) is 0 Å². The van der Waals surface area contributed by atoms with Crippen LogP contribution in [0.5, 0.6) is 0 Å². The number of benzene rings is 1. The van der Waals surface area contributed by atoms with Crippen molar-refractivity contribution in [2.24, 2.45) is 5.11 Å². The van der Waals surface area contributed by atoms with Gasteiger partial charge in [-0.2, -0.15) is 0 Å². The lowest BCUT2D eigenvalue weighted by molar-refractivity contribution is -0.187. The van der Waals surface area contributed by atoms with Crippen molar-refractivity contribution in [2.45, 2.75) is 69.7 Å². The van der Waals surface area contributed by atoms with Crippen LogP contribution in [-0.4, -0.2) is 86.8 Å². The lowest BCUT2D eigenvalue weighted by Gasteiger charge is -2.45. The molecule has 1 aromatic carbocycles.